The maximum Gasteiger partial charge on any atom is 0.128 e. The molecule has 0 bridgehead atoms. The summed E-state index contributed by atoms with van der Waals surface area (Å²) >= 11 is 1.77. The van der Waals surface area contributed by atoms with Crippen molar-refractivity contribution in [2.24, 2.45) is 0 Å². The van der Waals surface area contributed by atoms with Gasteiger partial charge in [0, 0.05) is 10.3 Å². The molecule has 0 amide bonds. The van der Waals surface area contributed by atoms with Crippen LogP contribution in [0.3, 0.4) is 0 Å². The van der Waals surface area contributed by atoms with Crippen molar-refractivity contribution in [1.29, 1.82) is 0 Å². The Balaban J connectivity index is 2.43. The van der Waals surface area contributed by atoms with Crippen LogP contribution in [0.2, 0.25) is 0 Å². The fourth-order valence-corrected chi connectivity index (χ4v) is 2.54. The summed E-state index contributed by atoms with van der Waals surface area (Å²) in [5, 5.41) is 3.42. The summed E-state index contributed by atoms with van der Waals surface area (Å²) in [6.45, 7) is 0.698. The number of benzene rings is 1. The number of rotatable bonds is 0. The van der Waals surface area contributed by atoms with Gasteiger partial charge in [-0.3, -0.25) is 0 Å². The van der Waals surface area contributed by atoms with E-state index in [1.165, 1.54) is 15.6 Å². The number of hydrogen-bond acceptors (Lipinski definition) is 2. The average Bonchev–Trinajstić information content (AvgIpc) is 2.65. The van der Waals surface area contributed by atoms with E-state index >= 15 is 0 Å². The van der Waals surface area contributed by atoms with Crippen molar-refractivity contribution in [2.75, 3.05) is 6.61 Å². The first-order valence-corrected chi connectivity index (χ1v) is 5.13. The minimum atomic E-state index is 0.698. The van der Waals surface area contributed by atoms with Gasteiger partial charge >= 0.3 is 0 Å². The summed E-state index contributed by atoms with van der Waals surface area (Å²) in [4.78, 5) is 0. The van der Waals surface area contributed by atoms with E-state index in [1.807, 2.05) is 6.07 Å². The zero-order valence-corrected chi connectivity index (χ0v) is 7.80. The van der Waals surface area contributed by atoms with Crippen LogP contribution in [0.5, 0.6) is 5.75 Å². The molecular weight excluding hydrogens is 180 g/mol. The molecule has 1 aromatic heterocycles. The fourth-order valence-electron chi connectivity index (χ4n) is 1.62. The van der Waals surface area contributed by atoms with Crippen molar-refractivity contribution in [3.05, 3.63) is 35.2 Å². The highest BCUT2D eigenvalue weighted by Gasteiger charge is 2.09. The molecule has 1 aliphatic heterocycles. The van der Waals surface area contributed by atoms with E-state index < -0.39 is 0 Å². The van der Waals surface area contributed by atoms with Crippen LogP contribution in [-0.4, -0.2) is 6.61 Å². The lowest BCUT2D eigenvalue weighted by Crippen LogP contribution is -1.99. The maximum atomic E-state index is 5.52. The van der Waals surface area contributed by atoms with Crippen LogP contribution in [0, 0.1) is 0 Å². The number of thiophene rings is 1. The Bertz CT molecular complexity index is 482. The molecule has 0 saturated heterocycles. The third-order valence-corrected chi connectivity index (χ3v) is 3.20. The van der Waals surface area contributed by atoms with Crippen LogP contribution in [-0.2, 0) is 0 Å². The average molecular weight is 188 g/mol. The summed E-state index contributed by atoms with van der Waals surface area (Å²) in [5.74, 6) is 1.01. The lowest BCUT2D eigenvalue weighted by atomic mass is 10.1. The first kappa shape index (κ1) is 7.15. The molecule has 0 radical (unpaired) electrons. The molecule has 0 saturated carbocycles. The molecule has 0 unspecified atom stereocenters. The topological polar surface area (TPSA) is 9.23 Å². The van der Waals surface area contributed by atoms with E-state index in [0.717, 1.165) is 5.75 Å². The van der Waals surface area contributed by atoms with Gasteiger partial charge in [-0.15, -0.1) is 11.3 Å². The first-order valence-electron chi connectivity index (χ1n) is 4.25. The van der Waals surface area contributed by atoms with Gasteiger partial charge in [0.05, 0.1) is 0 Å². The molecule has 2 heterocycles. The molecule has 1 aromatic carbocycles. The molecule has 13 heavy (non-hydrogen) atoms. The lowest BCUT2D eigenvalue weighted by molar-refractivity contribution is 0.359. The van der Waals surface area contributed by atoms with E-state index in [4.69, 9.17) is 4.74 Å². The standard InChI is InChI=1S/C11H8OS/c1-2-9-10(12-6-1)4-3-8-5-7-13-11(8)9/h1-5,7H,6H2. The Kier molecular flexibility index (Phi) is 1.43. The zero-order chi connectivity index (χ0) is 8.67. The van der Waals surface area contributed by atoms with Gasteiger partial charge < -0.3 is 4.74 Å². The maximum absolute atomic E-state index is 5.52. The molecule has 64 valence electrons. The Morgan fingerprint density at radius 1 is 1.23 bits per heavy atom. The minimum absolute atomic E-state index is 0.698. The van der Waals surface area contributed by atoms with E-state index in [2.05, 4.69) is 29.7 Å². The predicted octanol–water partition coefficient (Wildman–Crippen LogP) is 3.31. The molecule has 0 N–H and O–H groups in total. The normalized spacial score (nSPS) is 14.2. The van der Waals surface area contributed by atoms with Crippen molar-refractivity contribution >= 4 is 27.5 Å². The van der Waals surface area contributed by atoms with Gasteiger partial charge in [-0.25, -0.2) is 0 Å². The van der Waals surface area contributed by atoms with Crippen molar-refractivity contribution in [1.82, 2.24) is 0 Å². The molecular formula is C11H8OS. The van der Waals surface area contributed by atoms with Crippen LogP contribution in [0.1, 0.15) is 5.56 Å². The van der Waals surface area contributed by atoms with Crippen LogP contribution in [0.25, 0.3) is 16.2 Å². The molecule has 1 aliphatic rings. The van der Waals surface area contributed by atoms with Crippen molar-refractivity contribution in [2.45, 2.75) is 0 Å². The summed E-state index contributed by atoms with van der Waals surface area (Å²) in [6, 6.07) is 6.31. The predicted molar refractivity (Wildman–Crippen MR) is 56.4 cm³/mol. The molecule has 0 fully saturated rings. The summed E-state index contributed by atoms with van der Waals surface area (Å²) in [5.41, 5.74) is 1.23. The summed E-state index contributed by atoms with van der Waals surface area (Å²) in [7, 11) is 0. The minimum Gasteiger partial charge on any atom is -0.489 e. The van der Waals surface area contributed by atoms with Crippen molar-refractivity contribution in [3.8, 4) is 5.75 Å². The fraction of sp³-hybridized carbons (Fsp3) is 0.0909. The molecule has 3 rings (SSSR count). The Morgan fingerprint density at radius 3 is 3.23 bits per heavy atom. The van der Waals surface area contributed by atoms with Gasteiger partial charge in [0.15, 0.2) is 0 Å². The largest absolute Gasteiger partial charge is 0.489 e. The smallest absolute Gasteiger partial charge is 0.128 e. The van der Waals surface area contributed by atoms with Crippen molar-refractivity contribution < 1.29 is 4.74 Å². The van der Waals surface area contributed by atoms with Gasteiger partial charge in [-0.2, -0.15) is 0 Å². The Hall–Kier alpha value is -1.28. The molecule has 1 nitrogen and oxygen atoms in total. The first-order chi connectivity index (χ1) is 6.45. The second-order valence-corrected chi connectivity index (χ2v) is 3.95. The third-order valence-electron chi connectivity index (χ3n) is 2.24. The van der Waals surface area contributed by atoms with Crippen LogP contribution < -0.4 is 4.74 Å². The monoisotopic (exact) mass is 188 g/mol. The summed E-state index contributed by atoms with van der Waals surface area (Å²) in [6.07, 6.45) is 4.21. The second-order valence-electron chi connectivity index (χ2n) is 3.03. The lowest BCUT2D eigenvalue weighted by Gasteiger charge is -2.12. The van der Waals surface area contributed by atoms with Crippen LogP contribution >= 0.6 is 11.3 Å². The van der Waals surface area contributed by atoms with Gasteiger partial charge in [0.2, 0.25) is 0 Å². The van der Waals surface area contributed by atoms with E-state index in [0.29, 0.717) is 6.61 Å². The van der Waals surface area contributed by atoms with Gasteiger partial charge in [0.1, 0.15) is 12.4 Å². The van der Waals surface area contributed by atoms with Gasteiger partial charge in [0.25, 0.3) is 0 Å². The van der Waals surface area contributed by atoms with Gasteiger partial charge in [-0.05, 0) is 35.0 Å². The Morgan fingerprint density at radius 2 is 2.23 bits per heavy atom. The quantitative estimate of drug-likeness (QED) is 0.616. The molecule has 2 heteroatoms. The van der Waals surface area contributed by atoms with Crippen LogP contribution in [0.15, 0.2) is 29.7 Å². The molecule has 2 aromatic rings. The zero-order valence-electron chi connectivity index (χ0n) is 6.99. The highest BCUT2D eigenvalue weighted by molar-refractivity contribution is 7.17. The summed E-state index contributed by atoms with van der Waals surface area (Å²) < 4.78 is 6.85. The molecule has 0 spiro atoms. The van der Waals surface area contributed by atoms with Gasteiger partial charge in [-0.1, -0.05) is 6.08 Å². The van der Waals surface area contributed by atoms with Crippen LogP contribution in [0.4, 0.5) is 0 Å². The number of hydrogen-bond donors (Lipinski definition) is 0. The second kappa shape index (κ2) is 2.60. The van der Waals surface area contributed by atoms with E-state index in [1.54, 1.807) is 11.3 Å². The van der Waals surface area contributed by atoms with E-state index in [9.17, 15) is 0 Å². The van der Waals surface area contributed by atoms with E-state index in [-0.39, 0.29) is 0 Å². The highest BCUT2D eigenvalue weighted by Crippen LogP contribution is 2.34. The molecule has 0 aliphatic carbocycles. The highest BCUT2D eigenvalue weighted by atomic mass is 32.1. The number of fused-ring (bicyclic) bond motifs is 3. The third kappa shape index (κ3) is 0.988. The Labute approximate surface area is 80.3 Å². The number of ether oxygens (including phenoxy) is 1. The SMILES string of the molecule is C1=Cc2c(ccc3ccsc23)OC1. The molecule has 0 atom stereocenters. The van der Waals surface area contributed by atoms with Crippen molar-refractivity contribution in [3.63, 3.8) is 0 Å².